The summed E-state index contributed by atoms with van der Waals surface area (Å²) in [7, 11) is 0. The molecular formula is C11H13Br2Cl. The highest BCUT2D eigenvalue weighted by atomic mass is 79.9. The predicted molar refractivity (Wildman–Crippen MR) is 70.6 cm³/mol. The highest BCUT2D eigenvalue weighted by molar-refractivity contribution is 9.10. The van der Waals surface area contributed by atoms with Crippen molar-refractivity contribution in [1.29, 1.82) is 0 Å². The van der Waals surface area contributed by atoms with Gasteiger partial charge in [-0.15, -0.1) is 0 Å². The molecular weight excluding hydrogens is 327 g/mol. The Balaban J connectivity index is 2.95. The molecule has 1 aromatic rings. The van der Waals surface area contributed by atoms with E-state index in [0.717, 1.165) is 15.9 Å². The lowest BCUT2D eigenvalue weighted by molar-refractivity contribution is 0.694. The zero-order valence-corrected chi connectivity index (χ0v) is 12.2. The number of benzene rings is 1. The largest absolute Gasteiger partial charge is 0.0884 e. The monoisotopic (exact) mass is 338 g/mol. The Hall–Kier alpha value is 0.470. The highest BCUT2D eigenvalue weighted by Gasteiger charge is 2.16. The molecule has 0 aliphatic heterocycles. The molecule has 0 nitrogen and oxygen atoms in total. The standard InChI is InChI=1S/C11H13Br2Cl/c1-3-10(13)7(2)9-5-4-8(12)6-11(9)14/h4-7,10H,3H2,1-2H3. The van der Waals surface area contributed by atoms with E-state index in [1.807, 2.05) is 12.1 Å². The number of alkyl halides is 1. The van der Waals surface area contributed by atoms with Gasteiger partial charge in [0.2, 0.25) is 0 Å². The Morgan fingerprint density at radius 1 is 1.43 bits per heavy atom. The maximum atomic E-state index is 6.17. The molecule has 0 aliphatic carbocycles. The van der Waals surface area contributed by atoms with Crippen molar-refractivity contribution in [3.63, 3.8) is 0 Å². The van der Waals surface area contributed by atoms with Crippen LogP contribution >= 0.6 is 43.5 Å². The summed E-state index contributed by atoms with van der Waals surface area (Å²) in [5.41, 5.74) is 1.21. The van der Waals surface area contributed by atoms with Crippen molar-refractivity contribution in [3.05, 3.63) is 33.3 Å². The van der Waals surface area contributed by atoms with Crippen LogP contribution in [0, 0.1) is 0 Å². The van der Waals surface area contributed by atoms with E-state index in [9.17, 15) is 0 Å². The number of halogens is 3. The fourth-order valence-electron chi connectivity index (χ4n) is 1.42. The fraction of sp³-hybridized carbons (Fsp3) is 0.455. The number of rotatable bonds is 3. The van der Waals surface area contributed by atoms with Crippen LogP contribution < -0.4 is 0 Å². The van der Waals surface area contributed by atoms with Gasteiger partial charge in [0.15, 0.2) is 0 Å². The van der Waals surface area contributed by atoms with Gasteiger partial charge in [-0.2, -0.15) is 0 Å². The SMILES string of the molecule is CCC(Br)C(C)c1ccc(Br)cc1Cl. The van der Waals surface area contributed by atoms with E-state index >= 15 is 0 Å². The summed E-state index contributed by atoms with van der Waals surface area (Å²) in [6.07, 6.45) is 1.10. The average Bonchev–Trinajstić information content (AvgIpc) is 2.15. The van der Waals surface area contributed by atoms with Crippen molar-refractivity contribution >= 4 is 43.5 Å². The molecule has 2 atom stereocenters. The molecule has 0 heterocycles. The van der Waals surface area contributed by atoms with Gasteiger partial charge >= 0.3 is 0 Å². The molecule has 0 aliphatic rings. The number of hydrogen-bond donors (Lipinski definition) is 0. The summed E-state index contributed by atoms with van der Waals surface area (Å²) in [5.74, 6) is 0.445. The van der Waals surface area contributed by atoms with Crippen LogP contribution in [0.5, 0.6) is 0 Å². The van der Waals surface area contributed by atoms with Gasteiger partial charge in [0.05, 0.1) is 0 Å². The summed E-state index contributed by atoms with van der Waals surface area (Å²) in [6.45, 7) is 4.36. The molecule has 1 rings (SSSR count). The van der Waals surface area contributed by atoms with Crippen LogP contribution in [0.2, 0.25) is 5.02 Å². The van der Waals surface area contributed by atoms with E-state index in [4.69, 9.17) is 11.6 Å². The fourth-order valence-corrected chi connectivity index (χ4v) is 2.55. The molecule has 2 unspecified atom stereocenters. The van der Waals surface area contributed by atoms with Crippen molar-refractivity contribution in [2.75, 3.05) is 0 Å². The smallest absolute Gasteiger partial charge is 0.0452 e. The minimum Gasteiger partial charge on any atom is -0.0884 e. The molecule has 14 heavy (non-hydrogen) atoms. The van der Waals surface area contributed by atoms with E-state index in [1.165, 1.54) is 5.56 Å². The molecule has 78 valence electrons. The Bertz CT molecular complexity index is 312. The van der Waals surface area contributed by atoms with E-state index in [1.54, 1.807) is 0 Å². The molecule has 0 spiro atoms. The number of hydrogen-bond acceptors (Lipinski definition) is 0. The molecule has 0 radical (unpaired) electrons. The van der Waals surface area contributed by atoms with Crippen molar-refractivity contribution < 1.29 is 0 Å². The van der Waals surface area contributed by atoms with Crippen LogP contribution in [0.25, 0.3) is 0 Å². The van der Waals surface area contributed by atoms with Gasteiger partial charge in [0, 0.05) is 14.3 Å². The van der Waals surface area contributed by atoms with E-state index < -0.39 is 0 Å². The van der Waals surface area contributed by atoms with Crippen LogP contribution in [0.15, 0.2) is 22.7 Å². The molecule has 0 amide bonds. The van der Waals surface area contributed by atoms with E-state index in [-0.39, 0.29) is 0 Å². The average molecular weight is 340 g/mol. The Labute approximate surface area is 107 Å². The molecule has 0 saturated heterocycles. The third-order valence-corrected chi connectivity index (χ3v) is 4.65. The first-order chi connectivity index (χ1) is 6.56. The summed E-state index contributed by atoms with van der Waals surface area (Å²) in [4.78, 5) is 0.487. The molecule has 3 heteroatoms. The molecule has 0 bridgehead atoms. The lowest BCUT2D eigenvalue weighted by Crippen LogP contribution is -2.08. The second kappa shape index (κ2) is 5.53. The van der Waals surface area contributed by atoms with Crippen molar-refractivity contribution in [2.24, 2.45) is 0 Å². The zero-order chi connectivity index (χ0) is 10.7. The van der Waals surface area contributed by atoms with E-state index in [0.29, 0.717) is 10.7 Å². The van der Waals surface area contributed by atoms with Gasteiger partial charge in [-0.05, 0) is 30.0 Å². The Morgan fingerprint density at radius 2 is 2.07 bits per heavy atom. The van der Waals surface area contributed by atoms with Gasteiger partial charge in [-0.25, -0.2) is 0 Å². The molecule has 0 aromatic heterocycles. The lowest BCUT2D eigenvalue weighted by atomic mass is 9.96. The van der Waals surface area contributed by atoms with Crippen molar-refractivity contribution in [2.45, 2.75) is 31.0 Å². The van der Waals surface area contributed by atoms with Crippen LogP contribution in [0.3, 0.4) is 0 Å². The topological polar surface area (TPSA) is 0 Å². The Kier molecular flexibility index (Phi) is 4.95. The summed E-state index contributed by atoms with van der Waals surface area (Å²) in [6, 6.07) is 6.07. The maximum absolute atomic E-state index is 6.17. The zero-order valence-electron chi connectivity index (χ0n) is 8.23. The summed E-state index contributed by atoms with van der Waals surface area (Å²) >= 11 is 13.2. The van der Waals surface area contributed by atoms with Gasteiger partial charge < -0.3 is 0 Å². The first kappa shape index (κ1) is 12.5. The quantitative estimate of drug-likeness (QED) is 0.648. The van der Waals surface area contributed by atoms with Crippen LogP contribution in [0.1, 0.15) is 31.7 Å². The second-order valence-corrected chi connectivity index (χ2v) is 5.88. The molecule has 0 N–H and O–H groups in total. The van der Waals surface area contributed by atoms with Gasteiger partial charge in [0.1, 0.15) is 0 Å². The van der Waals surface area contributed by atoms with Crippen LogP contribution in [0.4, 0.5) is 0 Å². The maximum Gasteiger partial charge on any atom is 0.0452 e. The Morgan fingerprint density at radius 3 is 2.57 bits per heavy atom. The van der Waals surface area contributed by atoms with Gasteiger partial charge in [-0.1, -0.05) is 63.4 Å². The molecule has 1 aromatic carbocycles. The summed E-state index contributed by atoms with van der Waals surface area (Å²) < 4.78 is 1.03. The minimum atomic E-state index is 0.445. The predicted octanol–water partition coefficient (Wildman–Crippen LogP) is 5.38. The minimum absolute atomic E-state index is 0.445. The van der Waals surface area contributed by atoms with Gasteiger partial charge in [-0.3, -0.25) is 0 Å². The van der Waals surface area contributed by atoms with E-state index in [2.05, 4.69) is 51.8 Å². The lowest BCUT2D eigenvalue weighted by Gasteiger charge is -2.18. The molecule has 0 saturated carbocycles. The van der Waals surface area contributed by atoms with Crippen molar-refractivity contribution in [1.82, 2.24) is 0 Å². The van der Waals surface area contributed by atoms with Crippen LogP contribution in [-0.2, 0) is 0 Å². The first-order valence-electron chi connectivity index (χ1n) is 4.65. The second-order valence-electron chi connectivity index (χ2n) is 3.38. The summed E-state index contributed by atoms with van der Waals surface area (Å²) in [5, 5.41) is 0.838. The molecule has 0 fully saturated rings. The third kappa shape index (κ3) is 2.98. The highest BCUT2D eigenvalue weighted by Crippen LogP contribution is 2.33. The normalized spacial score (nSPS) is 15.2. The first-order valence-corrected chi connectivity index (χ1v) is 6.74. The third-order valence-electron chi connectivity index (χ3n) is 2.39. The van der Waals surface area contributed by atoms with Gasteiger partial charge in [0.25, 0.3) is 0 Å². The van der Waals surface area contributed by atoms with Crippen LogP contribution in [-0.4, -0.2) is 4.83 Å². The van der Waals surface area contributed by atoms with Crippen molar-refractivity contribution in [3.8, 4) is 0 Å².